The van der Waals surface area contributed by atoms with Gasteiger partial charge in [0, 0.05) is 24.5 Å². The van der Waals surface area contributed by atoms with Crippen LogP contribution in [0.1, 0.15) is 40.3 Å². The Labute approximate surface area is 194 Å². The number of aromatic nitrogens is 2. The van der Waals surface area contributed by atoms with Gasteiger partial charge in [0.1, 0.15) is 17.4 Å². The highest BCUT2D eigenvalue weighted by molar-refractivity contribution is 6.02. The second-order valence-corrected chi connectivity index (χ2v) is 8.08. The smallest absolute Gasteiger partial charge is 0.416 e. The van der Waals surface area contributed by atoms with Crippen LogP contribution in [0.5, 0.6) is 5.75 Å². The Morgan fingerprint density at radius 1 is 1.18 bits per heavy atom. The molecule has 2 heterocycles. The zero-order chi connectivity index (χ0) is 24.5. The van der Waals surface area contributed by atoms with Gasteiger partial charge in [-0.15, -0.1) is 0 Å². The van der Waals surface area contributed by atoms with Gasteiger partial charge in [-0.1, -0.05) is 12.1 Å². The van der Waals surface area contributed by atoms with E-state index < -0.39 is 17.8 Å². The minimum Gasteiger partial charge on any atom is -0.496 e. The van der Waals surface area contributed by atoms with Crippen LogP contribution < -0.4 is 10.1 Å². The molecular formula is C24H25F3N4O3. The van der Waals surface area contributed by atoms with Crippen LogP contribution in [0, 0.1) is 6.92 Å². The van der Waals surface area contributed by atoms with E-state index in [-0.39, 0.29) is 5.91 Å². The number of ether oxygens (including phenoxy) is 2. The largest absolute Gasteiger partial charge is 0.496 e. The van der Waals surface area contributed by atoms with Crippen molar-refractivity contribution in [3.8, 4) is 5.75 Å². The van der Waals surface area contributed by atoms with Crippen molar-refractivity contribution in [1.29, 1.82) is 0 Å². The highest BCUT2D eigenvalue weighted by Gasteiger charge is 2.31. The Morgan fingerprint density at radius 3 is 2.59 bits per heavy atom. The summed E-state index contributed by atoms with van der Waals surface area (Å²) in [5, 5.41) is 3.80. The number of carbonyl (C=O) groups excluding carboxylic acids is 1. The molecular weight excluding hydrogens is 449 g/mol. The minimum atomic E-state index is -4.43. The third-order valence-electron chi connectivity index (χ3n) is 5.72. The lowest BCUT2D eigenvalue weighted by Crippen LogP contribution is -2.40. The van der Waals surface area contributed by atoms with E-state index >= 15 is 0 Å². The van der Waals surface area contributed by atoms with Crippen LogP contribution in [0.15, 0.2) is 36.4 Å². The van der Waals surface area contributed by atoms with Gasteiger partial charge in [-0.05, 0) is 43.7 Å². The molecule has 34 heavy (non-hydrogen) atoms. The van der Waals surface area contributed by atoms with Gasteiger partial charge >= 0.3 is 6.18 Å². The van der Waals surface area contributed by atoms with Crippen LogP contribution in [-0.2, 0) is 10.9 Å². The molecule has 0 spiro atoms. The number of alkyl halides is 3. The monoisotopic (exact) mass is 474 g/mol. The summed E-state index contributed by atoms with van der Waals surface area (Å²) in [5.41, 5.74) is 0.663. The van der Waals surface area contributed by atoms with E-state index in [4.69, 9.17) is 9.47 Å². The topological polar surface area (TPSA) is 76.6 Å². The minimum absolute atomic E-state index is 0.176. The van der Waals surface area contributed by atoms with Crippen LogP contribution in [-0.4, -0.2) is 54.2 Å². The van der Waals surface area contributed by atoms with E-state index in [1.165, 1.54) is 13.2 Å². The molecule has 1 amide bonds. The first kappa shape index (κ1) is 23.7. The van der Waals surface area contributed by atoms with Crippen molar-refractivity contribution in [1.82, 2.24) is 14.9 Å². The number of benzene rings is 2. The van der Waals surface area contributed by atoms with E-state index in [1.807, 2.05) is 0 Å². The lowest BCUT2D eigenvalue weighted by Gasteiger charge is -2.27. The summed E-state index contributed by atoms with van der Waals surface area (Å²) in [4.78, 5) is 23.8. The van der Waals surface area contributed by atoms with Gasteiger partial charge < -0.3 is 19.7 Å². The molecule has 1 aromatic heterocycles. The van der Waals surface area contributed by atoms with E-state index in [0.717, 1.165) is 12.1 Å². The fraction of sp³-hybridized carbons (Fsp3) is 0.375. The van der Waals surface area contributed by atoms with Crippen LogP contribution in [0.4, 0.5) is 19.0 Å². The first-order chi connectivity index (χ1) is 16.2. The zero-order valence-corrected chi connectivity index (χ0v) is 19.1. The molecule has 180 valence electrons. The molecule has 1 aliphatic heterocycles. The number of fused-ring (bicyclic) bond motifs is 1. The van der Waals surface area contributed by atoms with Gasteiger partial charge in [0.2, 0.25) is 0 Å². The van der Waals surface area contributed by atoms with Crippen molar-refractivity contribution >= 4 is 22.6 Å². The summed E-state index contributed by atoms with van der Waals surface area (Å²) in [6.45, 7) is 5.41. The number of morpholine rings is 1. The van der Waals surface area contributed by atoms with Crippen molar-refractivity contribution in [3.63, 3.8) is 0 Å². The molecule has 0 aliphatic carbocycles. The van der Waals surface area contributed by atoms with Crippen molar-refractivity contribution in [2.75, 3.05) is 38.7 Å². The third kappa shape index (κ3) is 4.91. The number of carbonyl (C=O) groups is 1. The van der Waals surface area contributed by atoms with Gasteiger partial charge in [-0.25, -0.2) is 9.97 Å². The molecule has 4 rings (SSSR count). The van der Waals surface area contributed by atoms with Crippen molar-refractivity contribution in [3.05, 3.63) is 58.9 Å². The standard InChI is InChI=1S/C24H25F3N4O3/c1-14(16-5-4-6-17(11-16)24(25,26)27)28-22-18-13-21(33-3)19(12-20(18)29-15(2)30-22)23(32)31-7-9-34-10-8-31/h4-6,11-14H,7-10H2,1-3H3,(H,28,29,30)/t14-/m1/s1. The maximum atomic E-state index is 13.1. The normalized spacial score (nSPS) is 15.3. The van der Waals surface area contributed by atoms with E-state index in [9.17, 15) is 18.0 Å². The Bertz CT molecular complexity index is 1210. The maximum absolute atomic E-state index is 13.1. The molecule has 0 saturated carbocycles. The number of amides is 1. The molecule has 10 heteroatoms. The van der Waals surface area contributed by atoms with Crippen LogP contribution in [0.3, 0.4) is 0 Å². The number of halogens is 3. The summed E-state index contributed by atoms with van der Waals surface area (Å²) in [7, 11) is 1.48. The van der Waals surface area contributed by atoms with E-state index in [2.05, 4.69) is 15.3 Å². The van der Waals surface area contributed by atoms with Crippen LogP contribution in [0.2, 0.25) is 0 Å². The molecule has 7 nitrogen and oxygen atoms in total. The summed E-state index contributed by atoms with van der Waals surface area (Å²) in [5.74, 6) is 1.09. The number of rotatable bonds is 5. The zero-order valence-electron chi connectivity index (χ0n) is 19.1. The van der Waals surface area contributed by atoms with Crippen LogP contribution >= 0.6 is 0 Å². The molecule has 1 N–H and O–H groups in total. The number of anilines is 1. The van der Waals surface area contributed by atoms with E-state index in [0.29, 0.717) is 65.7 Å². The Hall–Kier alpha value is -3.40. The van der Waals surface area contributed by atoms with Gasteiger partial charge in [-0.2, -0.15) is 13.2 Å². The van der Waals surface area contributed by atoms with E-state index in [1.54, 1.807) is 36.9 Å². The number of nitrogens with zero attached hydrogens (tertiary/aromatic N) is 3. The fourth-order valence-corrected chi connectivity index (χ4v) is 3.93. The number of aryl methyl sites for hydroxylation is 1. The molecule has 1 atom stereocenters. The number of hydrogen-bond donors (Lipinski definition) is 1. The quantitative estimate of drug-likeness (QED) is 0.582. The first-order valence-electron chi connectivity index (χ1n) is 10.8. The average Bonchev–Trinajstić information content (AvgIpc) is 2.82. The fourth-order valence-electron chi connectivity index (χ4n) is 3.93. The van der Waals surface area contributed by atoms with Gasteiger partial charge in [0.05, 0.1) is 37.0 Å². The molecule has 3 aromatic rings. The Kier molecular flexibility index (Phi) is 6.60. The van der Waals surface area contributed by atoms with Crippen molar-refractivity contribution in [2.45, 2.75) is 26.1 Å². The second kappa shape index (κ2) is 9.46. The van der Waals surface area contributed by atoms with Crippen LogP contribution in [0.25, 0.3) is 10.9 Å². The average molecular weight is 474 g/mol. The third-order valence-corrected chi connectivity index (χ3v) is 5.72. The predicted molar refractivity (Wildman–Crippen MR) is 121 cm³/mol. The molecule has 1 fully saturated rings. The molecule has 1 saturated heterocycles. The van der Waals surface area contributed by atoms with Crippen molar-refractivity contribution < 1.29 is 27.4 Å². The number of methoxy groups -OCH3 is 1. The predicted octanol–water partition coefficient (Wildman–Crippen LogP) is 4.61. The summed E-state index contributed by atoms with van der Waals surface area (Å²) < 4.78 is 50.3. The maximum Gasteiger partial charge on any atom is 0.416 e. The molecule has 1 aliphatic rings. The summed E-state index contributed by atoms with van der Waals surface area (Å²) in [6.07, 6.45) is -4.43. The van der Waals surface area contributed by atoms with Crippen molar-refractivity contribution in [2.24, 2.45) is 0 Å². The molecule has 0 unspecified atom stereocenters. The second-order valence-electron chi connectivity index (χ2n) is 8.08. The lowest BCUT2D eigenvalue weighted by molar-refractivity contribution is -0.137. The Balaban J connectivity index is 1.70. The highest BCUT2D eigenvalue weighted by Crippen LogP contribution is 2.34. The first-order valence-corrected chi connectivity index (χ1v) is 10.8. The van der Waals surface area contributed by atoms with Gasteiger partial charge in [-0.3, -0.25) is 4.79 Å². The summed E-state index contributed by atoms with van der Waals surface area (Å²) >= 11 is 0. The molecule has 0 radical (unpaired) electrons. The number of nitrogens with one attached hydrogen (secondary N) is 1. The molecule has 0 bridgehead atoms. The van der Waals surface area contributed by atoms with Gasteiger partial charge in [0.25, 0.3) is 5.91 Å². The number of hydrogen-bond acceptors (Lipinski definition) is 6. The highest BCUT2D eigenvalue weighted by atomic mass is 19.4. The SMILES string of the molecule is COc1cc2c(N[C@H](C)c3cccc(C(F)(F)F)c3)nc(C)nc2cc1C(=O)N1CCOCC1. The Morgan fingerprint density at radius 2 is 1.91 bits per heavy atom. The molecule has 2 aromatic carbocycles. The lowest BCUT2D eigenvalue weighted by atomic mass is 10.0. The summed E-state index contributed by atoms with van der Waals surface area (Å²) in [6, 6.07) is 8.05. The van der Waals surface area contributed by atoms with Gasteiger partial charge in [0.15, 0.2) is 0 Å².